The Kier molecular flexibility index (Phi) is 7.69. The lowest BCUT2D eigenvalue weighted by molar-refractivity contribution is -0.198. The van der Waals surface area contributed by atoms with Crippen molar-refractivity contribution >= 4 is 28.7 Å². The van der Waals surface area contributed by atoms with E-state index >= 15 is 0 Å². The first-order valence-corrected chi connectivity index (χ1v) is 11.2. The zero-order valence-electron chi connectivity index (χ0n) is 19.8. The van der Waals surface area contributed by atoms with Crippen LogP contribution in [0.3, 0.4) is 0 Å². The van der Waals surface area contributed by atoms with Crippen molar-refractivity contribution < 1.29 is 37.8 Å². The van der Waals surface area contributed by atoms with E-state index in [4.69, 9.17) is 28.2 Å². The Hall–Kier alpha value is -3.82. The monoisotopic (exact) mass is 481 g/mol. The largest absolute Gasteiger partial charge is 0.493 e. The first-order chi connectivity index (χ1) is 17.0. The molecule has 35 heavy (non-hydrogen) atoms. The summed E-state index contributed by atoms with van der Waals surface area (Å²) in [7, 11) is 4.46. The maximum absolute atomic E-state index is 13.1. The highest BCUT2D eigenvalue weighted by atomic mass is 16.8. The minimum Gasteiger partial charge on any atom is -0.493 e. The third-order valence-electron chi connectivity index (χ3n) is 5.55. The summed E-state index contributed by atoms with van der Waals surface area (Å²) >= 11 is 0. The average Bonchev–Trinajstić information content (AvgIpc) is 3.33. The van der Waals surface area contributed by atoms with Crippen LogP contribution in [0.4, 0.5) is 0 Å². The molecular weight excluding hydrogens is 454 g/mol. The molecule has 1 unspecified atom stereocenters. The molecule has 1 atom stereocenters. The molecule has 1 N–H and O–H groups in total. The van der Waals surface area contributed by atoms with Gasteiger partial charge in [-0.05, 0) is 54.8 Å². The van der Waals surface area contributed by atoms with Gasteiger partial charge in [-0.2, -0.15) is 0 Å². The van der Waals surface area contributed by atoms with Gasteiger partial charge in [-0.15, -0.1) is 0 Å². The average molecular weight is 482 g/mol. The fraction of sp³-hybridized carbons (Fsp3) is 0.308. The molecule has 2 aromatic carbocycles. The van der Waals surface area contributed by atoms with Crippen LogP contribution in [-0.2, 0) is 14.4 Å². The van der Waals surface area contributed by atoms with Crippen molar-refractivity contribution in [1.82, 2.24) is 5.48 Å². The van der Waals surface area contributed by atoms with Crippen LogP contribution in [-0.4, -0.2) is 45.9 Å². The number of carbonyl (C=O) groups is 2. The number of amides is 1. The number of carbonyl (C=O) groups excluding carboxylic acids is 2. The molecular formula is C26H27NO8. The van der Waals surface area contributed by atoms with Gasteiger partial charge in [0.2, 0.25) is 11.5 Å². The highest BCUT2D eigenvalue weighted by Gasteiger charge is 2.21. The Morgan fingerprint density at radius 3 is 2.43 bits per heavy atom. The van der Waals surface area contributed by atoms with Gasteiger partial charge < -0.3 is 23.4 Å². The van der Waals surface area contributed by atoms with Crippen molar-refractivity contribution in [2.75, 3.05) is 27.9 Å². The van der Waals surface area contributed by atoms with Gasteiger partial charge in [0.15, 0.2) is 23.5 Å². The number of hydrogen-bond acceptors (Lipinski definition) is 8. The smallest absolute Gasteiger partial charge is 0.267 e. The Morgan fingerprint density at radius 2 is 1.77 bits per heavy atom. The van der Waals surface area contributed by atoms with Gasteiger partial charge in [0.25, 0.3) is 5.91 Å². The molecule has 1 aliphatic rings. The molecule has 1 aromatic heterocycles. The normalized spacial score (nSPS) is 15.8. The number of benzene rings is 2. The summed E-state index contributed by atoms with van der Waals surface area (Å²) in [6.07, 6.45) is 5.35. The third-order valence-corrected chi connectivity index (χ3v) is 5.55. The second kappa shape index (κ2) is 11.1. The number of methoxy groups -OCH3 is 3. The second-order valence-electron chi connectivity index (χ2n) is 7.86. The molecule has 1 saturated heterocycles. The summed E-state index contributed by atoms with van der Waals surface area (Å²) in [5.74, 6) is 0.568. The predicted octanol–water partition coefficient (Wildman–Crippen LogP) is 4.28. The maximum Gasteiger partial charge on any atom is 0.267 e. The summed E-state index contributed by atoms with van der Waals surface area (Å²) in [6.45, 7) is 0.630. The molecule has 0 bridgehead atoms. The van der Waals surface area contributed by atoms with Crippen molar-refractivity contribution in [2.45, 2.75) is 25.6 Å². The summed E-state index contributed by atoms with van der Waals surface area (Å²) in [6, 6.07) is 10.1. The lowest BCUT2D eigenvalue weighted by Gasteiger charge is -2.21. The van der Waals surface area contributed by atoms with Crippen LogP contribution in [0.5, 0.6) is 17.2 Å². The lowest BCUT2D eigenvalue weighted by Crippen LogP contribution is -2.32. The number of ketones is 1. The number of nitrogens with one attached hydrogen (secondary N) is 1. The van der Waals surface area contributed by atoms with E-state index in [1.165, 1.54) is 27.4 Å². The van der Waals surface area contributed by atoms with E-state index in [1.807, 2.05) is 6.07 Å². The van der Waals surface area contributed by atoms with Crippen molar-refractivity contribution in [1.29, 1.82) is 0 Å². The minimum absolute atomic E-state index is 0.161. The quantitative estimate of drug-likeness (QED) is 0.274. The molecule has 1 amide bonds. The van der Waals surface area contributed by atoms with Crippen molar-refractivity contribution in [2.24, 2.45) is 0 Å². The van der Waals surface area contributed by atoms with Gasteiger partial charge >= 0.3 is 0 Å². The number of hydrogen-bond donors (Lipinski definition) is 1. The van der Waals surface area contributed by atoms with E-state index in [9.17, 15) is 9.59 Å². The predicted molar refractivity (Wildman–Crippen MR) is 128 cm³/mol. The van der Waals surface area contributed by atoms with Gasteiger partial charge in [0.1, 0.15) is 5.58 Å². The zero-order chi connectivity index (χ0) is 24.8. The maximum atomic E-state index is 13.1. The van der Waals surface area contributed by atoms with Crippen molar-refractivity contribution in [3.05, 3.63) is 59.4 Å². The molecule has 0 spiro atoms. The molecule has 0 radical (unpaired) electrons. The molecule has 184 valence electrons. The Bertz CT molecular complexity index is 1210. The zero-order valence-corrected chi connectivity index (χ0v) is 19.8. The van der Waals surface area contributed by atoms with Gasteiger partial charge in [-0.1, -0.05) is 6.07 Å². The van der Waals surface area contributed by atoms with E-state index < -0.39 is 12.2 Å². The summed E-state index contributed by atoms with van der Waals surface area (Å²) in [4.78, 5) is 30.4. The first-order valence-electron chi connectivity index (χ1n) is 11.2. The van der Waals surface area contributed by atoms with E-state index in [0.29, 0.717) is 35.0 Å². The molecule has 0 saturated carbocycles. The number of hydroxylamine groups is 1. The third kappa shape index (κ3) is 5.64. The van der Waals surface area contributed by atoms with Crippen LogP contribution >= 0.6 is 0 Å². The highest BCUT2D eigenvalue weighted by molar-refractivity contribution is 6.09. The molecule has 1 aliphatic heterocycles. The van der Waals surface area contributed by atoms with Gasteiger partial charge in [0, 0.05) is 30.1 Å². The molecule has 4 rings (SSSR count). The number of furan rings is 1. The summed E-state index contributed by atoms with van der Waals surface area (Å²) < 4.78 is 27.2. The van der Waals surface area contributed by atoms with E-state index in [0.717, 1.165) is 30.2 Å². The standard InChI is InChI=1S/C26H27NO8/c1-30-21-14-18(15-22(31-2)26(21)32-3)25(29)20-13-17-12-16(7-9-19(17)34-20)8-10-23(28)27-35-24-6-4-5-11-33-24/h7-10,12-15,24H,4-6,11H2,1-3H3,(H,27,28)/b10-8+. The Labute approximate surface area is 202 Å². The van der Waals surface area contributed by atoms with Crippen LogP contribution in [0.1, 0.15) is 40.9 Å². The second-order valence-corrected chi connectivity index (χ2v) is 7.86. The summed E-state index contributed by atoms with van der Waals surface area (Å²) in [5.41, 5.74) is 4.01. The number of fused-ring (bicyclic) bond motifs is 1. The van der Waals surface area contributed by atoms with Gasteiger partial charge in [-0.25, -0.2) is 10.3 Å². The van der Waals surface area contributed by atoms with Crippen LogP contribution in [0, 0.1) is 0 Å². The van der Waals surface area contributed by atoms with E-state index in [-0.39, 0.29) is 11.5 Å². The number of ether oxygens (including phenoxy) is 4. The first kappa shape index (κ1) is 24.3. The molecule has 9 nitrogen and oxygen atoms in total. The summed E-state index contributed by atoms with van der Waals surface area (Å²) in [5, 5.41) is 0.718. The van der Waals surface area contributed by atoms with Crippen molar-refractivity contribution in [3.8, 4) is 17.2 Å². The molecule has 1 fully saturated rings. The van der Waals surface area contributed by atoms with E-state index in [2.05, 4.69) is 5.48 Å². The highest BCUT2D eigenvalue weighted by Crippen LogP contribution is 2.39. The van der Waals surface area contributed by atoms with Gasteiger partial charge in [-0.3, -0.25) is 9.59 Å². The molecule has 3 aromatic rings. The van der Waals surface area contributed by atoms with E-state index in [1.54, 1.807) is 36.4 Å². The Morgan fingerprint density at radius 1 is 1.00 bits per heavy atom. The van der Waals surface area contributed by atoms with Crippen molar-refractivity contribution in [3.63, 3.8) is 0 Å². The van der Waals surface area contributed by atoms with Gasteiger partial charge in [0.05, 0.1) is 21.3 Å². The molecule has 2 heterocycles. The fourth-order valence-corrected chi connectivity index (χ4v) is 3.77. The molecule has 9 heteroatoms. The van der Waals surface area contributed by atoms with Crippen LogP contribution in [0.2, 0.25) is 0 Å². The molecule has 0 aliphatic carbocycles. The Balaban J connectivity index is 1.48. The van der Waals surface area contributed by atoms with Crippen LogP contribution in [0.25, 0.3) is 17.0 Å². The minimum atomic E-state index is -0.412. The lowest BCUT2D eigenvalue weighted by atomic mass is 10.1. The van der Waals surface area contributed by atoms with Crippen LogP contribution in [0.15, 0.2) is 46.9 Å². The number of rotatable bonds is 9. The SMILES string of the molecule is COc1cc(C(=O)c2cc3cc(/C=C/C(=O)NOC4CCCCO4)ccc3o2)cc(OC)c1OC. The topological polar surface area (TPSA) is 105 Å². The van der Waals surface area contributed by atoms with Crippen LogP contribution < -0.4 is 19.7 Å². The fourth-order valence-electron chi connectivity index (χ4n) is 3.77.